The standard InChI is InChI=1S/C11H12FN3S/c1-6-3-4-8(12)5-9(6)11-15-14-10(16-11)7(2)13/h3-5,7H,13H2,1-2H3. The predicted molar refractivity (Wildman–Crippen MR) is 62.6 cm³/mol. The maximum absolute atomic E-state index is 13.1. The fraction of sp³-hybridized carbons (Fsp3) is 0.273. The largest absolute Gasteiger partial charge is 0.322 e. The van der Waals surface area contributed by atoms with Crippen LogP contribution in [0, 0.1) is 12.7 Å². The van der Waals surface area contributed by atoms with Crippen molar-refractivity contribution in [3.05, 3.63) is 34.6 Å². The summed E-state index contributed by atoms with van der Waals surface area (Å²) in [7, 11) is 0. The Morgan fingerprint density at radius 2 is 2.12 bits per heavy atom. The summed E-state index contributed by atoms with van der Waals surface area (Å²) in [6, 6.07) is 4.50. The summed E-state index contributed by atoms with van der Waals surface area (Å²) < 4.78 is 13.1. The highest BCUT2D eigenvalue weighted by Crippen LogP contribution is 2.28. The van der Waals surface area contributed by atoms with Crippen molar-refractivity contribution in [2.24, 2.45) is 5.73 Å². The highest BCUT2D eigenvalue weighted by molar-refractivity contribution is 7.14. The number of benzene rings is 1. The number of nitrogens with two attached hydrogens (primary N) is 1. The highest BCUT2D eigenvalue weighted by Gasteiger charge is 2.12. The molecule has 3 nitrogen and oxygen atoms in total. The third-order valence-electron chi connectivity index (χ3n) is 2.26. The second kappa shape index (κ2) is 4.27. The molecule has 0 amide bonds. The summed E-state index contributed by atoms with van der Waals surface area (Å²) in [6.07, 6.45) is 0. The van der Waals surface area contributed by atoms with E-state index in [2.05, 4.69) is 10.2 Å². The van der Waals surface area contributed by atoms with Crippen LogP contribution in [0.15, 0.2) is 18.2 Å². The summed E-state index contributed by atoms with van der Waals surface area (Å²) >= 11 is 1.40. The average Bonchev–Trinajstić information content (AvgIpc) is 2.70. The number of nitrogens with zero attached hydrogens (tertiary/aromatic N) is 2. The van der Waals surface area contributed by atoms with Crippen LogP contribution in [0.4, 0.5) is 4.39 Å². The number of aryl methyl sites for hydroxylation is 1. The molecule has 1 aromatic heterocycles. The molecule has 1 unspecified atom stereocenters. The van der Waals surface area contributed by atoms with Crippen molar-refractivity contribution < 1.29 is 4.39 Å². The van der Waals surface area contributed by atoms with E-state index < -0.39 is 0 Å². The van der Waals surface area contributed by atoms with Gasteiger partial charge in [0.15, 0.2) is 0 Å². The van der Waals surface area contributed by atoms with Gasteiger partial charge in [-0.1, -0.05) is 17.4 Å². The first-order valence-corrected chi connectivity index (χ1v) is 5.75. The summed E-state index contributed by atoms with van der Waals surface area (Å²) in [5, 5.41) is 9.49. The molecule has 0 saturated heterocycles. The van der Waals surface area contributed by atoms with Gasteiger partial charge < -0.3 is 5.73 Å². The van der Waals surface area contributed by atoms with Crippen LogP contribution >= 0.6 is 11.3 Å². The minimum atomic E-state index is -0.266. The molecule has 0 spiro atoms. The molecule has 5 heteroatoms. The predicted octanol–water partition coefficient (Wildman–Crippen LogP) is 2.67. The zero-order chi connectivity index (χ0) is 11.7. The first-order chi connectivity index (χ1) is 7.58. The van der Waals surface area contributed by atoms with Gasteiger partial charge >= 0.3 is 0 Å². The Bertz CT molecular complexity index is 508. The van der Waals surface area contributed by atoms with E-state index in [0.29, 0.717) is 5.01 Å². The third kappa shape index (κ3) is 2.10. The highest BCUT2D eigenvalue weighted by atomic mass is 32.1. The monoisotopic (exact) mass is 237 g/mol. The lowest BCUT2D eigenvalue weighted by molar-refractivity contribution is 0.628. The molecule has 0 fully saturated rings. The van der Waals surface area contributed by atoms with Crippen molar-refractivity contribution in [1.82, 2.24) is 10.2 Å². The first-order valence-electron chi connectivity index (χ1n) is 4.93. The van der Waals surface area contributed by atoms with Crippen LogP contribution in [-0.2, 0) is 0 Å². The van der Waals surface area contributed by atoms with E-state index in [9.17, 15) is 4.39 Å². The molecule has 2 aromatic rings. The topological polar surface area (TPSA) is 51.8 Å². The van der Waals surface area contributed by atoms with Gasteiger partial charge in [0.1, 0.15) is 15.8 Å². The molecule has 0 radical (unpaired) electrons. The van der Waals surface area contributed by atoms with E-state index in [1.54, 1.807) is 6.07 Å². The van der Waals surface area contributed by atoms with Gasteiger partial charge in [-0.3, -0.25) is 0 Å². The van der Waals surface area contributed by atoms with Crippen molar-refractivity contribution >= 4 is 11.3 Å². The quantitative estimate of drug-likeness (QED) is 0.873. The van der Waals surface area contributed by atoms with E-state index in [-0.39, 0.29) is 11.9 Å². The van der Waals surface area contributed by atoms with Crippen LogP contribution in [-0.4, -0.2) is 10.2 Å². The summed E-state index contributed by atoms with van der Waals surface area (Å²) in [4.78, 5) is 0. The van der Waals surface area contributed by atoms with Crippen molar-refractivity contribution in [3.8, 4) is 10.6 Å². The number of rotatable bonds is 2. The Hall–Kier alpha value is -1.33. The molecular formula is C11H12FN3S. The number of aromatic nitrogens is 2. The van der Waals surface area contributed by atoms with Gasteiger partial charge in [0, 0.05) is 5.56 Å². The summed E-state index contributed by atoms with van der Waals surface area (Å²) in [5.41, 5.74) is 7.47. The molecule has 84 valence electrons. The zero-order valence-electron chi connectivity index (χ0n) is 9.07. The van der Waals surface area contributed by atoms with Gasteiger partial charge in [-0.15, -0.1) is 10.2 Å². The van der Waals surface area contributed by atoms with Gasteiger partial charge in [0.05, 0.1) is 6.04 Å². The number of hydrogen-bond donors (Lipinski definition) is 1. The Labute approximate surface area is 97.1 Å². The van der Waals surface area contributed by atoms with Crippen LogP contribution in [0.3, 0.4) is 0 Å². The Balaban J connectivity index is 2.46. The number of hydrogen-bond acceptors (Lipinski definition) is 4. The molecule has 2 rings (SSSR count). The fourth-order valence-electron chi connectivity index (χ4n) is 1.35. The molecule has 0 saturated carbocycles. The fourth-order valence-corrected chi connectivity index (χ4v) is 2.23. The van der Waals surface area contributed by atoms with Crippen LogP contribution < -0.4 is 5.73 Å². The molecule has 1 aromatic carbocycles. The van der Waals surface area contributed by atoms with E-state index >= 15 is 0 Å². The van der Waals surface area contributed by atoms with Crippen molar-refractivity contribution in [2.45, 2.75) is 19.9 Å². The van der Waals surface area contributed by atoms with Crippen molar-refractivity contribution in [2.75, 3.05) is 0 Å². The Kier molecular flexibility index (Phi) is 2.98. The van der Waals surface area contributed by atoms with Gasteiger partial charge in [-0.25, -0.2) is 4.39 Å². The van der Waals surface area contributed by atoms with Crippen LogP contribution in [0.5, 0.6) is 0 Å². The molecular weight excluding hydrogens is 225 g/mol. The van der Waals surface area contributed by atoms with Gasteiger partial charge in [0.25, 0.3) is 0 Å². The van der Waals surface area contributed by atoms with Crippen molar-refractivity contribution in [3.63, 3.8) is 0 Å². The summed E-state index contributed by atoms with van der Waals surface area (Å²) in [5.74, 6) is -0.266. The maximum atomic E-state index is 13.1. The van der Waals surface area contributed by atoms with Gasteiger partial charge in [0.2, 0.25) is 0 Å². The zero-order valence-corrected chi connectivity index (χ0v) is 9.88. The average molecular weight is 237 g/mol. The normalized spacial score (nSPS) is 12.8. The molecule has 0 aliphatic carbocycles. The van der Waals surface area contributed by atoms with Crippen LogP contribution in [0.2, 0.25) is 0 Å². The smallest absolute Gasteiger partial charge is 0.148 e. The Morgan fingerprint density at radius 3 is 2.75 bits per heavy atom. The minimum absolute atomic E-state index is 0.139. The molecule has 0 bridgehead atoms. The lowest BCUT2D eigenvalue weighted by Gasteiger charge is -2.00. The second-order valence-corrected chi connectivity index (χ2v) is 4.70. The Morgan fingerprint density at radius 1 is 1.38 bits per heavy atom. The maximum Gasteiger partial charge on any atom is 0.148 e. The van der Waals surface area contributed by atoms with Crippen molar-refractivity contribution in [1.29, 1.82) is 0 Å². The first kappa shape index (κ1) is 11.2. The molecule has 2 N–H and O–H groups in total. The molecule has 0 aliphatic heterocycles. The SMILES string of the molecule is Cc1ccc(F)cc1-c1nnc(C(C)N)s1. The lowest BCUT2D eigenvalue weighted by Crippen LogP contribution is -2.03. The second-order valence-electron chi connectivity index (χ2n) is 3.69. The molecule has 1 heterocycles. The molecule has 1 atom stereocenters. The minimum Gasteiger partial charge on any atom is -0.322 e. The lowest BCUT2D eigenvalue weighted by atomic mass is 10.1. The van der Waals surface area contributed by atoms with Gasteiger partial charge in [-0.2, -0.15) is 0 Å². The van der Waals surface area contributed by atoms with Crippen LogP contribution in [0.1, 0.15) is 23.5 Å². The third-order valence-corrected chi connectivity index (χ3v) is 3.42. The molecule has 0 aliphatic rings. The van der Waals surface area contributed by atoms with Gasteiger partial charge in [-0.05, 0) is 31.5 Å². The van der Waals surface area contributed by atoms with E-state index in [1.165, 1.54) is 23.5 Å². The summed E-state index contributed by atoms with van der Waals surface area (Å²) in [6.45, 7) is 3.77. The van der Waals surface area contributed by atoms with E-state index in [4.69, 9.17) is 5.73 Å². The number of halogens is 1. The van der Waals surface area contributed by atoms with Crippen LogP contribution in [0.25, 0.3) is 10.6 Å². The van der Waals surface area contributed by atoms with E-state index in [1.807, 2.05) is 13.8 Å². The molecule has 16 heavy (non-hydrogen) atoms. The van der Waals surface area contributed by atoms with E-state index in [0.717, 1.165) is 16.1 Å².